The van der Waals surface area contributed by atoms with Crippen molar-refractivity contribution in [3.8, 4) is 5.75 Å². The molecule has 124 valence electrons. The summed E-state index contributed by atoms with van der Waals surface area (Å²) in [6.45, 7) is 6.29. The number of carbonyl (C=O) groups is 1. The maximum atomic E-state index is 13.4. The lowest BCUT2D eigenvalue weighted by atomic mass is 9.90. The summed E-state index contributed by atoms with van der Waals surface area (Å²) in [4.78, 5) is 11.9. The zero-order valence-corrected chi connectivity index (χ0v) is 13.6. The monoisotopic (exact) mass is 312 g/mol. The van der Waals surface area contributed by atoms with E-state index in [0.29, 0.717) is 13.0 Å². The van der Waals surface area contributed by atoms with E-state index >= 15 is 0 Å². The molecule has 1 aromatic carbocycles. The molecule has 0 saturated carbocycles. The summed E-state index contributed by atoms with van der Waals surface area (Å²) in [5.41, 5.74) is 0.581. The van der Waals surface area contributed by atoms with E-state index in [0.717, 1.165) is 5.56 Å². The van der Waals surface area contributed by atoms with Crippen LogP contribution in [0.2, 0.25) is 0 Å². The molecule has 5 nitrogen and oxygen atoms in total. The maximum absolute atomic E-state index is 13.4. The highest BCUT2D eigenvalue weighted by atomic mass is 19.1. The van der Waals surface area contributed by atoms with Gasteiger partial charge in [-0.3, -0.25) is 0 Å². The molecule has 1 unspecified atom stereocenters. The first kappa shape index (κ1) is 18.2. The Morgan fingerprint density at radius 3 is 2.73 bits per heavy atom. The highest BCUT2D eigenvalue weighted by Crippen LogP contribution is 2.22. The zero-order chi connectivity index (χ0) is 16.8. The van der Waals surface area contributed by atoms with Crippen LogP contribution < -0.4 is 15.4 Å². The van der Waals surface area contributed by atoms with Gasteiger partial charge in [-0.25, -0.2) is 9.18 Å². The number of aliphatic hydroxyl groups is 1. The van der Waals surface area contributed by atoms with Crippen molar-refractivity contribution in [2.24, 2.45) is 5.41 Å². The van der Waals surface area contributed by atoms with E-state index in [-0.39, 0.29) is 29.8 Å². The Morgan fingerprint density at radius 1 is 1.45 bits per heavy atom. The summed E-state index contributed by atoms with van der Waals surface area (Å²) in [6.07, 6.45) is 0.609. The van der Waals surface area contributed by atoms with E-state index in [4.69, 9.17) is 9.84 Å². The summed E-state index contributed by atoms with van der Waals surface area (Å²) in [5.74, 6) is -0.288. The van der Waals surface area contributed by atoms with Crippen molar-refractivity contribution in [3.05, 3.63) is 29.6 Å². The largest absolute Gasteiger partial charge is 0.494 e. The van der Waals surface area contributed by atoms with Crippen molar-refractivity contribution in [2.75, 3.05) is 20.3 Å². The summed E-state index contributed by atoms with van der Waals surface area (Å²) in [6, 6.07) is 3.90. The Kier molecular flexibility index (Phi) is 6.61. The third-order valence-corrected chi connectivity index (χ3v) is 3.54. The fourth-order valence-electron chi connectivity index (χ4n) is 1.99. The number of halogens is 1. The predicted molar refractivity (Wildman–Crippen MR) is 83.4 cm³/mol. The molecule has 1 aromatic rings. The van der Waals surface area contributed by atoms with Gasteiger partial charge in [0.05, 0.1) is 13.2 Å². The van der Waals surface area contributed by atoms with Crippen LogP contribution in [0.15, 0.2) is 18.2 Å². The van der Waals surface area contributed by atoms with Crippen LogP contribution in [0, 0.1) is 11.2 Å². The van der Waals surface area contributed by atoms with Crippen LogP contribution >= 0.6 is 0 Å². The third-order valence-electron chi connectivity index (χ3n) is 3.54. The molecule has 0 radical (unpaired) electrons. The SMILES string of the molecule is COc1cc(C(C)NC(=O)NCC(C)(C)CCO)ccc1F. The molecule has 3 N–H and O–H groups in total. The van der Waals surface area contributed by atoms with Gasteiger partial charge in [0.1, 0.15) is 0 Å². The molecule has 0 aliphatic heterocycles. The summed E-state index contributed by atoms with van der Waals surface area (Å²) < 4.78 is 18.3. The Bertz CT molecular complexity index is 506. The van der Waals surface area contributed by atoms with E-state index in [1.807, 2.05) is 20.8 Å². The number of hydrogen-bond donors (Lipinski definition) is 3. The minimum Gasteiger partial charge on any atom is -0.494 e. The van der Waals surface area contributed by atoms with E-state index in [9.17, 15) is 9.18 Å². The van der Waals surface area contributed by atoms with Gasteiger partial charge in [-0.15, -0.1) is 0 Å². The van der Waals surface area contributed by atoms with E-state index in [1.165, 1.54) is 13.2 Å². The lowest BCUT2D eigenvalue weighted by molar-refractivity contribution is 0.200. The summed E-state index contributed by atoms with van der Waals surface area (Å²) >= 11 is 0. The van der Waals surface area contributed by atoms with Gasteiger partial charge < -0.3 is 20.5 Å². The Hall–Kier alpha value is -1.82. The molecule has 0 fully saturated rings. The number of rotatable bonds is 7. The molecular weight excluding hydrogens is 287 g/mol. The quantitative estimate of drug-likeness (QED) is 0.725. The first-order valence-electron chi connectivity index (χ1n) is 7.28. The lowest BCUT2D eigenvalue weighted by Crippen LogP contribution is -2.41. The number of amides is 2. The van der Waals surface area contributed by atoms with Crippen molar-refractivity contribution in [3.63, 3.8) is 0 Å². The predicted octanol–water partition coefficient (Wildman–Crippen LogP) is 2.60. The van der Waals surface area contributed by atoms with Crippen LogP contribution in [0.25, 0.3) is 0 Å². The average molecular weight is 312 g/mol. The zero-order valence-electron chi connectivity index (χ0n) is 13.6. The van der Waals surface area contributed by atoms with Crippen molar-refractivity contribution in [2.45, 2.75) is 33.2 Å². The number of aliphatic hydroxyl groups excluding tert-OH is 1. The van der Waals surface area contributed by atoms with Crippen molar-refractivity contribution in [1.29, 1.82) is 0 Å². The van der Waals surface area contributed by atoms with Crippen LogP contribution in [0.5, 0.6) is 5.75 Å². The van der Waals surface area contributed by atoms with Gasteiger partial charge in [-0.05, 0) is 36.5 Å². The van der Waals surface area contributed by atoms with Gasteiger partial charge in [0.2, 0.25) is 0 Å². The molecule has 0 saturated heterocycles. The van der Waals surface area contributed by atoms with Gasteiger partial charge >= 0.3 is 6.03 Å². The van der Waals surface area contributed by atoms with Crippen LogP contribution in [-0.2, 0) is 0 Å². The minimum atomic E-state index is -0.436. The van der Waals surface area contributed by atoms with Gasteiger partial charge in [-0.1, -0.05) is 19.9 Å². The third kappa shape index (κ3) is 5.52. The normalized spacial score (nSPS) is 12.6. The van der Waals surface area contributed by atoms with E-state index in [2.05, 4.69) is 10.6 Å². The molecule has 1 atom stereocenters. The summed E-state index contributed by atoms with van der Waals surface area (Å²) in [7, 11) is 1.40. The molecule has 0 spiro atoms. The molecule has 6 heteroatoms. The molecule has 0 aliphatic carbocycles. The highest BCUT2D eigenvalue weighted by molar-refractivity contribution is 5.74. The van der Waals surface area contributed by atoms with Gasteiger partial charge in [0.15, 0.2) is 11.6 Å². The smallest absolute Gasteiger partial charge is 0.315 e. The molecular formula is C16H25FN2O3. The first-order valence-corrected chi connectivity index (χ1v) is 7.28. The van der Waals surface area contributed by atoms with Crippen molar-refractivity contribution in [1.82, 2.24) is 10.6 Å². The Labute approximate surface area is 130 Å². The van der Waals surface area contributed by atoms with Crippen LogP contribution in [0.3, 0.4) is 0 Å². The first-order chi connectivity index (χ1) is 10.3. The van der Waals surface area contributed by atoms with Gasteiger partial charge in [0.25, 0.3) is 0 Å². The van der Waals surface area contributed by atoms with Crippen LogP contribution in [0.1, 0.15) is 38.8 Å². The van der Waals surface area contributed by atoms with E-state index in [1.54, 1.807) is 12.1 Å². The molecule has 2 amide bonds. The second-order valence-corrected chi connectivity index (χ2v) is 6.08. The number of urea groups is 1. The van der Waals surface area contributed by atoms with Crippen LogP contribution in [0.4, 0.5) is 9.18 Å². The number of methoxy groups -OCH3 is 1. The Morgan fingerprint density at radius 2 is 2.14 bits per heavy atom. The molecule has 0 bridgehead atoms. The molecule has 0 aromatic heterocycles. The highest BCUT2D eigenvalue weighted by Gasteiger charge is 2.19. The fourth-order valence-corrected chi connectivity index (χ4v) is 1.99. The topological polar surface area (TPSA) is 70.6 Å². The summed E-state index contributed by atoms with van der Waals surface area (Å²) in [5, 5.41) is 14.5. The number of carbonyl (C=O) groups excluding carboxylic acids is 1. The van der Waals surface area contributed by atoms with Gasteiger partial charge in [0, 0.05) is 13.2 Å². The maximum Gasteiger partial charge on any atom is 0.315 e. The number of ether oxygens (including phenoxy) is 1. The van der Waals surface area contributed by atoms with Crippen LogP contribution in [-0.4, -0.2) is 31.4 Å². The minimum absolute atomic E-state index is 0.0854. The Balaban J connectivity index is 2.57. The second kappa shape index (κ2) is 7.98. The number of benzene rings is 1. The molecule has 22 heavy (non-hydrogen) atoms. The van der Waals surface area contributed by atoms with Gasteiger partial charge in [-0.2, -0.15) is 0 Å². The molecule has 0 aliphatic rings. The lowest BCUT2D eigenvalue weighted by Gasteiger charge is -2.24. The fraction of sp³-hybridized carbons (Fsp3) is 0.562. The second-order valence-electron chi connectivity index (χ2n) is 6.08. The molecule has 0 heterocycles. The molecule has 1 rings (SSSR count). The van der Waals surface area contributed by atoms with Crippen molar-refractivity contribution < 1.29 is 19.0 Å². The number of hydrogen-bond acceptors (Lipinski definition) is 3. The van der Waals surface area contributed by atoms with Crippen molar-refractivity contribution >= 4 is 6.03 Å². The standard InChI is InChI=1S/C16H25FN2O3/c1-11(12-5-6-13(17)14(9-12)22-4)19-15(21)18-10-16(2,3)7-8-20/h5-6,9,11,20H,7-8,10H2,1-4H3,(H2,18,19,21). The average Bonchev–Trinajstić information content (AvgIpc) is 2.45. The number of nitrogens with one attached hydrogen (secondary N) is 2. The van der Waals surface area contributed by atoms with E-state index < -0.39 is 5.82 Å².